The topological polar surface area (TPSA) is 92.7 Å². The number of allylic oxidation sites excluding steroid dienone is 1. The van der Waals surface area contributed by atoms with E-state index in [0.717, 1.165) is 17.7 Å². The number of nitrogens with one attached hydrogen (secondary N) is 1. The quantitative estimate of drug-likeness (QED) is 0.474. The molecule has 1 aromatic rings. The van der Waals surface area contributed by atoms with E-state index in [1.165, 1.54) is 0 Å². The van der Waals surface area contributed by atoms with E-state index in [4.69, 9.17) is 9.84 Å². The Morgan fingerprint density at radius 1 is 1.31 bits per heavy atom. The summed E-state index contributed by atoms with van der Waals surface area (Å²) < 4.78 is 58.9. The average Bonchev–Trinajstić information content (AvgIpc) is 2.96. The van der Waals surface area contributed by atoms with Gasteiger partial charge in [0.2, 0.25) is 10.0 Å². The molecule has 1 aliphatic carbocycles. The summed E-state index contributed by atoms with van der Waals surface area (Å²) in [7, 11) is -4.10. The van der Waals surface area contributed by atoms with E-state index in [0.29, 0.717) is 44.8 Å². The number of unbranched alkanes of at least 4 members (excludes halogenated alkanes) is 1. The summed E-state index contributed by atoms with van der Waals surface area (Å²) in [6, 6.07) is 1.92. The van der Waals surface area contributed by atoms with Gasteiger partial charge >= 0.3 is 5.97 Å². The fraction of sp³-hybridized carbons (Fsp3) is 0.471. The molecule has 0 amide bonds. The number of carboxylic acids is 1. The van der Waals surface area contributed by atoms with Crippen LogP contribution in [0.25, 0.3) is 0 Å². The van der Waals surface area contributed by atoms with E-state index in [2.05, 4.69) is 4.72 Å². The average molecular weight is 389 g/mol. The van der Waals surface area contributed by atoms with E-state index >= 15 is 0 Å². The van der Waals surface area contributed by atoms with Crippen LogP contribution in [0.15, 0.2) is 34.7 Å². The second-order valence-electron chi connectivity index (χ2n) is 6.01. The van der Waals surface area contributed by atoms with Gasteiger partial charge in [0.1, 0.15) is 23.1 Å². The third kappa shape index (κ3) is 5.86. The Hall–Kier alpha value is -1.84. The molecule has 0 heterocycles. The highest BCUT2D eigenvalue weighted by Crippen LogP contribution is 2.26. The van der Waals surface area contributed by atoms with Crippen LogP contribution in [0, 0.1) is 11.6 Å². The Morgan fingerprint density at radius 3 is 2.77 bits per heavy atom. The number of ether oxygens (including phenoxy) is 1. The standard InChI is InChI=1S/C17H21F2NO5S/c18-13-7-8-16(14(19)10-13)26(23,24)20-15-6-3-5-12(15)4-1-2-9-25-11-17(21)22/h5,7-8,10,15,20H,1-4,6,9,11H2,(H,21,22)/t15-/m0/s1. The lowest BCUT2D eigenvalue weighted by atomic mass is 10.1. The molecule has 0 aliphatic heterocycles. The number of aliphatic carboxylic acids is 1. The van der Waals surface area contributed by atoms with Crippen molar-refractivity contribution >= 4 is 16.0 Å². The number of halogens is 2. The van der Waals surface area contributed by atoms with Crippen LogP contribution in [0.1, 0.15) is 32.1 Å². The molecule has 2 N–H and O–H groups in total. The predicted octanol–water partition coefficient (Wildman–Crippen LogP) is 2.60. The summed E-state index contributed by atoms with van der Waals surface area (Å²) >= 11 is 0. The minimum absolute atomic E-state index is 0.316. The maximum atomic E-state index is 13.8. The van der Waals surface area contributed by atoms with E-state index in [9.17, 15) is 22.0 Å². The number of carbonyl (C=O) groups is 1. The van der Waals surface area contributed by atoms with Crippen molar-refractivity contribution in [3.63, 3.8) is 0 Å². The molecule has 0 bridgehead atoms. The zero-order valence-electron chi connectivity index (χ0n) is 14.1. The third-order valence-corrected chi connectivity index (χ3v) is 5.52. The molecule has 1 aromatic carbocycles. The van der Waals surface area contributed by atoms with E-state index in [1.54, 1.807) is 0 Å². The van der Waals surface area contributed by atoms with Crippen molar-refractivity contribution in [3.05, 3.63) is 41.5 Å². The van der Waals surface area contributed by atoms with E-state index in [1.807, 2.05) is 6.08 Å². The highest BCUT2D eigenvalue weighted by molar-refractivity contribution is 7.89. The summed E-state index contributed by atoms with van der Waals surface area (Å²) in [5, 5.41) is 8.47. The van der Waals surface area contributed by atoms with Crippen molar-refractivity contribution < 1.29 is 31.8 Å². The van der Waals surface area contributed by atoms with Gasteiger partial charge in [-0.25, -0.2) is 26.7 Å². The van der Waals surface area contributed by atoms with Gasteiger partial charge in [-0.05, 0) is 44.2 Å². The second-order valence-corrected chi connectivity index (χ2v) is 7.69. The highest BCUT2D eigenvalue weighted by Gasteiger charge is 2.27. The summed E-state index contributed by atoms with van der Waals surface area (Å²) in [6.45, 7) is -0.0227. The minimum atomic E-state index is -4.10. The molecule has 0 saturated heterocycles. The van der Waals surface area contributed by atoms with Crippen LogP contribution in [-0.2, 0) is 19.6 Å². The van der Waals surface area contributed by atoms with Crippen molar-refractivity contribution in [1.82, 2.24) is 4.72 Å². The highest BCUT2D eigenvalue weighted by atomic mass is 32.2. The molecule has 9 heteroatoms. The van der Waals surface area contributed by atoms with Crippen molar-refractivity contribution in [2.45, 2.75) is 43.0 Å². The van der Waals surface area contributed by atoms with Crippen molar-refractivity contribution in [1.29, 1.82) is 0 Å². The molecule has 2 rings (SSSR count). The van der Waals surface area contributed by atoms with Crippen LogP contribution in [0.3, 0.4) is 0 Å². The van der Waals surface area contributed by atoms with Gasteiger partial charge in [0, 0.05) is 18.7 Å². The molecule has 0 fully saturated rings. The summed E-state index contributed by atoms with van der Waals surface area (Å²) in [6.07, 6.45) is 5.24. The van der Waals surface area contributed by atoms with Crippen LogP contribution in [-0.4, -0.2) is 38.7 Å². The maximum absolute atomic E-state index is 13.8. The maximum Gasteiger partial charge on any atom is 0.329 e. The fourth-order valence-electron chi connectivity index (χ4n) is 2.81. The first-order chi connectivity index (χ1) is 12.3. The lowest BCUT2D eigenvalue weighted by Gasteiger charge is -2.17. The Kier molecular flexibility index (Phi) is 7.24. The minimum Gasteiger partial charge on any atom is -0.480 e. The third-order valence-electron chi connectivity index (χ3n) is 4.02. The van der Waals surface area contributed by atoms with Crippen LogP contribution in [0.5, 0.6) is 0 Å². The predicted molar refractivity (Wildman–Crippen MR) is 90.1 cm³/mol. The van der Waals surface area contributed by atoms with Crippen molar-refractivity contribution in [3.8, 4) is 0 Å². The largest absolute Gasteiger partial charge is 0.480 e. The van der Waals surface area contributed by atoms with E-state index < -0.39 is 38.6 Å². The van der Waals surface area contributed by atoms with Gasteiger partial charge in [0.15, 0.2) is 0 Å². The Morgan fingerprint density at radius 2 is 2.08 bits per heavy atom. The number of sulfonamides is 1. The Bertz CT molecular complexity index is 779. The van der Waals surface area contributed by atoms with Gasteiger partial charge in [-0.2, -0.15) is 0 Å². The van der Waals surface area contributed by atoms with Crippen LogP contribution >= 0.6 is 0 Å². The molecule has 6 nitrogen and oxygen atoms in total. The Balaban J connectivity index is 1.88. The molecule has 0 saturated carbocycles. The second kappa shape index (κ2) is 9.20. The SMILES string of the molecule is O=C(O)COCCCCC1=CCC[C@@H]1NS(=O)(=O)c1ccc(F)cc1F. The van der Waals surface area contributed by atoms with Crippen molar-refractivity contribution in [2.24, 2.45) is 0 Å². The molecular formula is C17H21F2NO5S. The number of hydrogen-bond donors (Lipinski definition) is 2. The number of benzene rings is 1. The van der Waals surface area contributed by atoms with Crippen LogP contribution in [0.4, 0.5) is 8.78 Å². The lowest BCUT2D eigenvalue weighted by Crippen LogP contribution is -2.35. The first-order valence-electron chi connectivity index (χ1n) is 8.25. The number of hydrogen-bond acceptors (Lipinski definition) is 4. The molecular weight excluding hydrogens is 368 g/mol. The molecule has 26 heavy (non-hydrogen) atoms. The summed E-state index contributed by atoms with van der Waals surface area (Å²) in [5.74, 6) is -2.99. The lowest BCUT2D eigenvalue weighted by molar-refractivity contribution is -0.142. The monoisotopic (exact) mass is 389 g/mol. The normalized spacial score (nSPS) is 17.3. The summed E-state index contributed by atoms with van der Waals surface area (Å²) in [4.78, 5) is 9.75. The zero-order valence-corrected chi connectivity index (χ0v) is 14.9. The van der Waals surface area contributed by atoms with Crippen LogP contribution < -0.4 is 4.72 Å². The van der Waals surface area contributed by atoms with Gasteiger partial charge in [-0.3, -0.25) is 0 Å². The molecule has 1 atom stereocenters. The number of carboxylic acid groups (broad SMARTS) is 1. The first-order valence-corrected chi connectivity index (χ1v) is 9.74. The smallest absolute Gasteiger partial charge is 0.329 e. The van der Waals surface area contributed by atoms with Gasteiger partial charge in [-0.15, -0.1) is 0 Å². The van der Waals surface area contributed by atoms with E-state index in [-0.39, 0.29) is 6.61 Å². The molecule has 0 aromatic heterocycles. The van der Waals surface area contributed by atoms with Gasteiger partial charge < -0.3 is 9.84 Å². The first kappa shape index (κ1) is 20.5. The number of rotatable bonds is 10. The summed E-state index contributed by atoms with van der Waals surface area (Å²) in [5.41, 5.74) is 0.911. The molecule has 0 radical (unpaired) electrons. The molecule has 144 valence electrons. The fourth-order valence-corrected chi connectivity index (χ4v) is 4.14. The zero-order chi connectivity index (χ0) is 19.2. The Labute approximate surface area is 150 Å². The molecule has 0 spiro atoms. The van der Waals surface area contributed by atoms with Gasteiger partial charge in [0.05, 0.1) is 0 Å². The molecule has 1 aliphatic rings. The molecule has 0 unspecified atom stereocenters. The van der Waals surface area contributed by atoms with Gasteiger partial charge in [-0.1, -0.05) is 11.6 Å². The van der Waals surface area contributed by atoms with Crippen LogP contribution in [0.2, 0.25) is 0 Å². The van der Waals surface area contributed by atoms with Gasteiger partial charge in [0.25, 0.3) is 0 Å². The van der Waals surface area contributed by atoms with Crippen molar-refractivity contribution in [2.75, 3.05) is 13.2 Å².